The van der Waals surface area contributed by atoms with Crippen molar-refractivity contribution in [3.05, 3.63) is 102 Å². The van der Waals surface area contributed by atoms with E-state index in [0.29, 0.717) is 13.2 Å². The normalized spacial score (nSPS) is 13.1. The van der Waals surface area contributed by atoms with E-state index < -0.39 is 18.0 Å². The largest absolute Gasteiger partial charge is 0.494 e. The topological polar surface area (TPSA) is 123 Å². The minimum atomic E-state index is -0.858. The lowest BCUT2D eigenvalue weighted by atomic mass is 10.0. The molecule has 0 aliphatic heterocycles. The van der Waals surface area contributed by atoms with Gasteiger partial charge in [-0.2, -0.15) is 0 Å². The van der Waals surface area contributed by atoms with Crippen LogP contribution in [0.1, 0.15) is 38.3 Å². The summed E-state index contributed by atoms with van der Waals surface area (Å²) in [4.78, 5) is 39.1. The molecule has 2 atom stereocenters. The monoisotopic (exact) mass is 546 g/mol. The van der Waals surface area contributed by atoms with Crippen molar-refractivity contribution in [1.82, 2.24) is 16.0 Å². The van der Waals surface area contributed by atoms with E-state index in [0.717, 1.165) is 28.0 Å². The maximum absolute atomic E-state index is 13.5. The Hall–Kier alpha value is -4.17. The van der Waals surface area contributed by atoms with Crippen molar-refractivity contribution < 1.29 is 19.1 Å². The van der Waals surface area contributed by atoms with E-state index in [9.17, 15) is 14.4 Å². The summed E-state index contributed by atoms with van der Waals surface area (Å²) in [5.74, 6) is -0.304. The first-order valence-electron chi connectivity index (χ1n) is 13.6. The van der Waals surface area contributed by atoms with Crippen LogP contribution in [0, 0.1) is 0 Å². The van der Waals surface area contributed by atoms with Gasteiger partial charge in [0, 0.05) is 32.4 Å². The van der Waals surface area contributed by atoms with Crippen molar-refractivity contribution >= 4 is 17.7 Å². The van der Waals surface area contributed by atoms with Gasteiger partial charge in [0.05, 0.1) is 6.61 Å². The van der Waals surface area contributed by atoms with Gasteiger partial charge in [-0.15, -0.1) is 0 Å². The summed E-state index contributed by atoms with van der Waals surface area (Å²) in [5, 5.41) is 8.59. The molecule has 0 saturated carbocycles. The third kappa shape index (κ3) is 11.3. The summed E-state index contributed by atoms with van der Waals surface area (Å²) >= 11 is 0. The highest BCUT2D eigenvalue weighted by atomic mass is 16.5. The molecule has 2 aromatic carbocycles. The standard InChI is InChI=1S/C32H42N4O4/c1-5-24(14-13-23(4)21-33)22-34-31(38)28(19-25-11-9-8-10-12-25)36-32(39)29(35-30(37)6-2)20-26-15-17-27(18-16-26)40-7-3/h5,8-18,28-29H,1,6-7,19-22,33H2,2-4H3,(H,34,38)(H,35,37)(H,36,39)/b23-13+,24-14+/t28-,29+/m0/s1. The van der Waals surface area contributed by atoms with Gasteiger partial charge in [0.2, 0.25) is 17.7 Å². The third-order valence-electron chi connectivity index (χ3n) is 6.20. The molecule has 8 nitrogen and oxygen atoms in total. The Morgan fingerprint density at radius 3 is 2.10 bits per heavy atom. The van der Waals surface area contributed by atoms with Gasteiger partial charge in [0.1, 0.15) is 17.8 Å². The zero-order valence-electron chi connectivity index (χ0n) is 23.7. The van der Waals surface area contributed by atoms with Crippen LogP contribution in [0.2, 0.25) is 0 Å². The van der Waals surface area contributed by atoms with Crippen LogP contribution in [-0.4, -0.2) is 49.5 Å². The maximum Gasteiger partial charge on any atom is 0.243 e. The van der Waals surface area contributed by atoms with E-state index in [1.54, 1.807) is 13.0 Å². The summed E-state index contributed by atoms with van der Waals surface area (Å²) in [7, 11) is 0. The van der Waals surface area contributed by atoms with Gasteiger partial charge in [0.15, 0.2) is 0 Å². The lowest BCUT2D eigenvalue weighted by molar-refractivity contribution is -0.132. The molecule has 40 heavy (non-hydrogen) atoms. The van der Waals surface area contributed by atoms with Gasteiger partial charge in [-0.25, -0.2) is 0 Å². The molecule has 5 N–H and O–H groups in total. The molecule has 0 unspecified atom stereocenters. The smallest absolute Gasteiger partial charge is 0.243 e. The number of amides is 3. The average Bonchev–Trinajstić information content (AvgIpc) is 2.97. The molecule has 0 spiro atoms. The highest BCUT2D eigenvalue weighted by Gasteiger charge is 2.27. The predicted molar refractivity (Wildman–Crippen MR) is 160 cm³/mol. The van der Waals surface area contributed by atoms with Crippen molar-refractivity contribution in [2.24, 2.45) is 5.73 Å². The fourth-order valence-corrected chi connectivity index (χ4v) is 3.79. The number of nitrogens with two attached hydrogens (primary N) is 1. The SMILES string of the molecule is C=C/C(=C\C=C(/C)CN)CNC(=O)[C@H](Cc1ccccc1)NC(=O)[C@@H](Cc1ccc(OCC)cc1)NC(=O)CC. The molecule has 0 aromatic heterocycles. The summed E-state index contributed by atoms with van der Waals surface area (Å²) in [6.07, 6.45) is 6.19. The number of benzene rings is 2. The molecular weight excluding hydrogens is 504 g/mol. The summed E-state index contributed by atoms with van der Waals surface area (Å²) in [6, 6.07) is 15.1. The van der Waals surface area contributed by atoms with E-state index in [1.165, 1.54) is 0 Å². The molecular formula is C32H42N4O4. The average molecular weight is 547 g/mol. The van der Waals surface area contributed by atoms with E-state index in [1.807, 2.05) is 80.6 Å². The Kier molecular flexibility index (Phi) is 14.0. The van der Waals surface area contributed by atoms with Crippen molar-refractivity contribution in [3.8, 4) is 5.75 Å². The molecule has 8 heteroatoms. The Labute approximate surface area is 237 Å². The number of nitrogens with one attached hydrogen (secondary N) is 3. The summed E-state index contributed by atoms with van der Waals surface area (Å²) in [5.41, 5.74) is 9.19. The van der Waals surface area contributed by atoms with E-state index in [2.05, 4.69) is 22.5 Å². The predicted octanol–water partition coefficient (Wildman–Crippen LogP) is 3.38. The Morgan fingerprint density at radius 2 is 1.52 bits per heavy atom. The molecule has 0 heterocycles. The van der Waals surface area contributed by atoms with Crippen LogP contribution < -0.4 is 26.4 Å². The van der Waals surface area contributed by atoms with Crippen LogP contribution in [0.3, 0.4) is 0 Å². The Bertz CT molecular complexity index is 1170. The fourth-order valence-electron chi connectivity index (χ4n) is 3.79. The maximum atomic E-state index is 13.5. The molecule has 2 rings (SSSR count). The zero-order valence-corrected chi connectivity index (χ0v) is 23.7. The fraction of sp³-hybridized carbons (Fsp3) is 0.344. The first-order chi connectivity index (χ1) is 19.3. The van der Waals surface area contributed by atoms with Gasteiger partial charge < -0.3 is 26.4 Å². The van der Waals surface area contributed by atoms with Gasteiger partial charge in [-0.1, -0.05) is 79.8 Å². The van der Waals surface area contributed by atoms with Crippen LogP contribution in [-0.2, 0) is 27.2 Å². The second kappa shape index (κ2) is 17.4. The van der Waals surface area contributed by atoms with Crippen molar-refractivity contribution in [3.63, 3.8) is 0 Å². The molecule has 2 aromatic rings. The van der Waals surface area contributed by atoms with Crippen molar-refractivity contribution in [1.29, 1.82) is 0 Å². The molecule has 0 radical (unpaired) electrons. The number of carbonyl (C=O) groups excluding carboxylic acids is 3. The Morgan fingerprint density at radius 1 is 0.900 bits per heavy atom. The number of carbonyl (C=O) groups is 3. The van der Waals surface area contributed by atoms with E-state index in [-0.39, 0.29) is 37.6 Å². The van der Waals surface area contributed by atoms with E-state index >= 15 is 0 Å². The molecule has 0 fully saturated rings. The Balaban J connectivity index is 2.23. The number of rotatable bonds is 16. The molecule has 0 bridgehead atoms. The second-order valence-corrected chi connectivity index (χ2v) is 9.39. The van der Waals surface area contributed by atoms with Crippen molar-refractivity contribution in [2.45, 2.75) is 52.1 Å². The second-order valence-electron chi connectivity index (χ2n) is 9.39. The highest BCUT2D eigenvalue weighted by Crippen LogP contribution is 2.14. The lowest BCUT2D eigenvalue weighted by Gasteiger charge is -2.23. The first kappa shape index (κ1) is 32.0. The molecule has 3 amide bonds. The highest BCUT2D eigenvalue weighted by molar-refractivity contribution is 5.92. The van der Waals surface area contributed by atoms with Gasteiger partial charge in [0.25, 0.3) is 0 Å². The van der Waals surface area contributed by atoms with Crippen LogP contribution in [0.5, 0.6) is 5.75 Å². The minimum absolute atomic E-state index is 0.232. The van der Waals surface area contributed by atoms with E-state index in [4.69, 9.17) is 10.5 Å². The summed E-state index contributed by atoms with van der Waals surface area (Å²) < 4.78 is 5.50. The molecule has 0 saturated heterocycles. The lowest BCUT2D eigenvalue weighted by Crippen LogP contribution is -2.55. The number of hydrogen-bond donors (Lipinski definition) is 4. The van der Waals surface area contributed by atoms with Crippen LogP contribution >= 0.6 is 0 Å². The molecule has 0 aliphatic carbocycles. The van der Waals surface area contributed by atoms with Crippen LogP contribution in [0.15, 0.2) is 90.6 Å². The van der Waals surface area contributed by atoms with Crippen LogP contribution in [0.25, 0.3) is 0 Å². The molecule has 0 aliphatic rings. The third-order valence-corrected chi connectivity index (χ3v) is 6.20. The number of allylic oxidation sites excluding steroid dienone is 2. The quantitative estimate of drug-likeness (QED) is 0.241. The minimum Gasteiger partial charge on any atom is -0.494 e. The number of ether oxygens (including phenoxy) is 1. The zero-order chi connectivity index (χ0) is 29.3. The van der Waals surface area contributed by atoms with Gasteiger partial charge in [-0.05, 0) is 42.7 Å². The van der Waals surface area contributed by atoms with Crippen LogP contribution in [0.4, 0.5) is 0 Å². The van der Waals surface area contributed by atoms with Gasteiger partial charge in [-0.3, -0.25) is 14.4 Å². The van der Waals surface area contributed by atoms with Gasteiger partial charge >= 0.3 is 0 Å². The summed E-state index contributed by atoms with van der Waals surface area (Å²) in [6.45, 7) is 10.6. The number of hydrogen-bond acceptors (Lipinski definition) is 5. The molecule has 214 valence electrons. The first-order valence-corrected chi connectivity index (χ1v) is 13.6. The van der Waals surface area contributed by atoms with Crippen molar-refractivity contribution in [2.75, 3.05) is 19.7 Å².